The van der Waals surface area contributed by atoms with E-state index in [1.54, 1.807) is 12.5 Å². The second-order valence-electron chi connectivity index (χ2n) is 2.39. The van der Waals surface area contributed by atoms with Crippen molar-refractivity contribution in [3.05, 3.63) is 41.2 Å². The van der Waals surface area contributed by atoms with E-state index in [0.29, 0.717) is 0 Å². The van der Waals surface area contributed by atoms with Gasteiger partial charge in [-0.05, 0) is 6.07 Å². The Balaban J connectivity index is 2.55. The van der Waals surface area contributed by atoms with Crippen molar-refractivity contribution in [2.75, 3.05) is 0 Å². The third-order valence-corrected chi connectivity index (χ3v) is 2.31. The van der Waals surface area contributed by atoms with Crippen molar-refractivity contribution >= 4 is 15.9 Å². The smallest absolute Gasteiger partial charge is 0.131 e. The summed E-state index contributed by atoms with van der Waals surface area (Å²) < 4.78 is 5.80. The van der Waals surface area contributed by atoms with Gasteiger partial charge in [0.15, 0.2) is 0 Å². The highest BCUT2D eigenvalue weighted by Gasteiger charge is 2.02. The quantitative estimate of drug-likeness (QED) is 0.743. The molecule has 1 heterocycles. The number of nitrogens with zero attached hydrogens (tertiary/aromatic N) is 1. The minimum Gasteiger partial charge on any atom is -0.364 e. The van der Waals surface area contributed by atoms with Crippen LogP contribution >= 0.6 is 15.9 Å². The van der Waals surface area contributed by atoms with Crippen LogP contribution in [0.5, 0.6) is 0 Å². The summed E-state index contributed by atoms with van der Waals surface area (Å²) in [4.78, 5) is 0. The van der Waals surface area contributed by atoms with Crippen LogP contribution in [0.3, 0.4) is 0 Å². The highest BCUT2D eigenvalue weighted by atomic mass is 79.9. The Kier molecular flexibility index (Phi) is 1.96. The van der Waals surface area contributed by atoms with Gasteiger partial charge in [-0.2, -0.15) is 0 Å². The summed E-state index contributed by atoms with van der Waals surface area (Å²) in [6.07, 6.45) is 3.32. The zero-order valence-electron chi connectivity index (χ0n) is 6.20. The molecule has 3 heteroatoms. The van der Waals surface area contributed by atoms with Crippen molar-refractivity contribution < 1.29 is 4.52 Å². The summed E-state index contributed by atoms with van der Waals surface area (Å²) in [6.45, 7) is 0. The van der Waals surface area contributed by atoms with E-state index in [9.17, 15) is 0 Å². The van der Waals surface area contributed by atoms with Gasteiger partial charge < -0.3 is 4.52 Å². The minimum atomic E-state index is 0.988. The molecule has 1 aromatic carbocycles. The van der Waals surface area contributed by atoms with E-state index >= 15 is 0 Å². The molecule has 0 unspecified atom stereocenters. The number of halogens is 1. The van der Waals surface area contributed by atoms with Gasteiger partial charge in [0, 0.05) is 15.6 Å². The van der Waals surface area contributed by atoms with Crippen LogP contribution in [0, 0.1) is 0 Å². The van der Waals surface area contributed by atoms with E-state index in [2.05, 4.69) is 21.1 Å². The van der Waals surface area contributed by atoms with Gasteiger partial charge in [0.1, 0.15) is 6.26 Å². The third kappa shape index (κ3) is 1.28. The van der Waals surface area contributed by atoms with E-state index in [4.69, 9.17) is 4.52 Å². The van der Waals surface area contributed by atoms with Gasteiger partial charge >= 0.3 is 0 Å². The summed E-state index contributed by atoms with van der Waals surface area (Å²) in [5, 5.41) is 3.64. The molecule has 0 saturated heterocycles. The van der Waals surface area contributed by atoms with Gasteiger partial charge in [0.25, 0.3) is 0 Å². The van der Waals surface area contributed by atoms with Gasteiger partial charge in [-0.15, -0.1) is 0 Å². The Morgan fingerprint density at radius 1 is 1.25 bits per heavy atom. The molecule has 1 aromatic heterocycles. The summed E-state index contributed by atoms with van der Waals surface area (Å²) in [6, 6.07) is 7.95. The molecular formula is C9H6BrNO. The summed E-state index contributed by atoms with van der Waals surface area (Å²) in [5.74, 6) is 0. The molecule has 2 rings (SSSR count). The van der Waals surface area contributed by atoms with Crippen LogP contribution < -0.4 is 0 Å². The molecule has 0 amide bonds. The van der Waals surface area contributed by atoms with Gasteiger partial charge in [0.05, 0.1) is 6.20 Å². The third-order valence-electron chi connectivity index (χ3n) is 1.62. The average molecular weight is 224 g/mol. The Hall–Kier alpha value is -1.09. The normalized spacial score (nSPS) is 10.1. The Morgan fingerprint density at radius 2 is 2.08 bits per heavy atom. The first-order valence-electron chi connectivity index (χ1n) is 3.52. The molecule has 0 spiro atoms. The standard InChI is InChI=1S/C9H6BrNO/c10-9-4-2-1-3-8(9)7-5-11-12-6-7/h1-6H. The monoisotopic (exact) mass is 223 g/mol. The SMILES string of the molecule is Brc1ccccc1-c1cnoc1. The molecule has 0 atom stereocenters. The molecule has 12 heavy (non-hydrogen) atoms. The molecule has 0 N–H and O–H groups in total. The molecule has 0 radical (unpaired) electrons. The molecule has 0 aliphatic rings. The number of aromatic nitrogens is 1. The Morgan fingerprint density at radius 3 is 2.75 bits per heavy atom. The number of rotatable bonds is 1. The summed E-state index contributed by atoms with van der Waals surface area (Å²) >= 11 is 3.45. The predicted molar refractivity (Wildman–Crippen MR) is 49.6 cm³/mol. The van der Waals surface area contributed by atoms with Crippen LogP contribution in [-0.2, 0) is 0 Å². The lowest BCUT2D eigenvalue weighted by atomic mass is 10.1. The zero-order valence-corrected chi connectivity index (χ0v) is 7.78. The van der Waals surface area contributed by atoms with E-state index < -0.39 is 0 Å². The number of benzene rings is 1. The maximum Gasteiger partial charge on any atom is 0.131 e. The first-order valence-corrected chi connectivity index (χ1v) is 4.31. The topological polar surface area (TPSA) is 26.0 Å². The fourth-order valence-electron chi connectivity index (χ4n) is 1.03. The molecule has 0 fully saturated rings. The lowest BCUT2D eigenvalue weighted by Gasteiger charge is -1.97. The van der Waals surface area contributed by atoms with E-state index in [1.807, 2.05) is 24.3 Å². The van der Waals surface area contributed by atoms with Crippen LogP contribution in [0.2, 0.25) is 0 Å². The molecule has 60 valence electrons. The number of hydrogen-bond acceptors (Lipinski definition) is 2. The average Bonchev–Trinajstić information content (AvgIpc) is 2.57. The maximum absolute atomic E-state index is 4.75. The highest BCUT2D eigenvalue weighted by molar-refractivity contribution is 9.10. The van der Waals surface area contributed by atoms with Gasteiger partial charge in [-0.1, -0.05) is 39.3 Å². The van der Waals surface area contributed by atoms with E-state index in [0.717, 1.165) is 15.6 Å². The van der Waals surface area contributed by atoms with Crippen molar-refractivity contribution in [1.29, 1.82) is 0 Å². The van der Waals surface area contributed by atoms with Crippen LogP contribution in [0.25, 0.3) is 11.1 Å². The van der Waals surface area contributed by atoms with Crippen molar-refractivity contribution in [1.82, 2.24) is 5.16 Å². The minimum absolute atomic E-state index is 0.988. The van der Waals surface area contributed by atoms with Crippen molar-refractivity contribution in [3.8, 4) is 11.1 Å². The van der Waals surface area contributed by atoms with Crippen LogP contribution in [-0.4, -0.2) is 5.16 Å². The largest absolute Gasteiger partial charge is 0.364 e. The molecule has 0 aliphatic heterocycles. The lowest BCUT2D eigenvalue weighted by Crippen LogP contribution is -1.74. The van der Waals surface area contributed by atoms with Crippen LogP contribution in [0.1, 0.15) is 0 Å². The predicted octanol–water partition coefficient (Wildman–Crippen LogP) is 3.10. The van der Waals surface area contributed by atoms with E-state index in [-0.39, 0.29) is 0 Å². The second kappa shape index (κ2) is 3.11. The summed E-state index contributed by atoms with van der Waals surface area (Å²) in [5.41, 5.74) is 2.08. The molecule has 2 nitrogen and oxygen atoms in total. The highest BCUT2D eigenvalue weighted by Crippen LogP contribution is 2.26. The summed E-state index contributed by atoms with van der Waals surface area (Å²) in [7, 11) is 0. The molecule has 2 aromatic rings. The van der Waals surface area contributed by atoms with E-state index in [1.165, 1.54) is 0 Å². The molecule has 0 saturated carbocycles. The first-order chi connectivity index (χ1) is 5.88. The van der Waals surface area contributed by atoms with Crippen LogP contribution in [0.4, 0.5) is 0 Å². The Bertz CT molecular complexity index is 370. The van der Waals surface area contributed by atoms with Gasteiger partial charge in [-0.3, -0.25) is 0 Å². The zero-order chi connectivity index (χ0) is 8.39. The fraction of sp³-hybridized carbons (Fsp3) is 0. The lowest BCUT2D eigenvalue weighted by molar-refractivity contribution is 0.420. The van der Waals surface area contributed by atoms with Crippen molar-refractivity contribution in [3.63, 3.8) is 0 Å². The first kappa shape index (κ1) is 7.55. The van der Waals surface area contributed by atoms with Crippen molar-refractivity contribution in [2.45, 2.75) is 0 Å². The van der Waals surface area contributed by atoms with Crippen molar-refractivity contribution in [2.24, 2.45) is 0 Å². The molecule has 0 bridgehead atoms. The Labute approximate surface area is 78.3 Å². The number of hydrogen-bond donors (Lipinski definition) is 0. The molecular weight excluding hydrogens is 218 g/mol. The maximum atomic E-state index is 4.75. The van der Waals surface area contributed by atoms with Crippen LogP contribution in [0.15, 0.2) is 45.7 Å². The van der Waals surface area contributed by atoms with Gasteiger partial charge in [0.2, 0.25) is 0 Å². The second-order valence-corrected chi connectivity index (χ2v) is 3.25. The van der Waals surface area contributed by atoms with Gasteiger partial charge in [-0.25, -0.2) is 0 Å². The molecule has 0 aliphatic carbocycles. The fourth-order valence-corrected chi connectivity index (χ4v) is 1.55.